The highest BCUT2D eigenvalue weighted by Crippen LogP contribution is 2.28. The number of hydrogen-bond acceptors (Lipinski definition) is 5. The van der Waals surface area contributed by atoms with Crippen LogP contribution in [-0.4, -0.2) is 73.2 Å². The topological polar surface area (TPSA) is 108 Å². The molecule has 1 aromatic rings. The first-order valence-electron chi connectivity index (χ1n) is 15.1. The maximum absolute atomic E-state index is 13.3. The molecule has 0 radical (unpaired) electrons. The van der Waals surface area contributed by atoms with Crippen LogP contribution in [0.4, 0.5) is 0 Å². The van der Waals surface area contributed by atoms with Gasteiger partial charge in [0.15, 0.2) is 0 Å². The van der Waals surface area contributed by atoms with Crippen LogP contribution in [0, 0.1) is 18.8 Å². The Morgan fingerprint density at radius 2 is 1.72 bits per heavy atom. The highest BCUT2D eigenvalue weighted by Gasteiger charge is 2.29. The Balaban J connectivity index is 1.51. The van der Waals surface area contributed by atoms with Gasteiger partial charge < -0.3 is 20.5 Å². The van der Waals surface area contributed by atoms with Crippen molar-refractivity contribution < 1.29 is 24.2 Å². The van der Waals surface area contributed by atoms with E-state index in [0.29, 0.717) is 25.3 Å². The monoisotopic (exact) mass is 543 g/mol. The number of unbranched alkanes of at least 4 members (excludes halogenated alkanes) is 1. The van der Waals surface area contributed by atoms with Gasteiger partial charge in [0.2, 0.25) is 11.8 Å². The standard InChI is InChI=1S/C31H49N3O5/c1-24-12-14-25(15-13-24)10-7-11-27(23-29(35)36)30(37)33-28(22-26-8-3-2-4-9-26)31(38)32-16-5-6-17-34-18-20-39-21-19-34/h12-15,26-28H,2-11,16-23H2,1H3,(H,32,38)(H,33,37)(H,35,36)/t27-,28+/m1/s1. The zero-order valence-electron chi connectivity index (χ0n) is 23.8. The molecule has 0 spiro atoms. The molecule has 2 atom stereocenters. The van der Waals surface area contributed by atoms with Gasteiger partial charge in [-0.25, -0.2) is 0 Å². The lowest BCUT2D eigenvalue weighted by atomic mass is 9.84. The molecule has 0 bridgehead atoms. The third-order valence-corrected chi connectivity index (χ3v) is 8.16. The first-order chi connectivity index (χ1) is 18.9. The number of ether oxygens (including phenoxy) is 1. The number of nitrogens with zero attached hydrogens (tertiary/aromatic N) is 1. The van der Waals surface area contributed by atoms with Crippen LogP contribution in [-0.2, 0) is 25.5 Å². The number of aryl methyl sites for hydroxylation is 2. The van der Waals surface area contributed by atoms with E-state index in [4.69, 9.17) is 4.74 Å². The van der Waals surface area contributed by atoms with Crippen molar-refractivity contribution >= 4 is 17.8 Å². The summed E-state index contributed by atoms with van der Waals surface area (Å²) in [4.78, 5) is 40.5. The molecule has 2 amide bonds. The summed E-state index contributed by atoms with van der Waals surface area (Å²) in [5, 5.41) is 15.5. The summed E-state index contributed by atoms with van der Waals surface area (Å²) in [6, 6.07) is 7.66. The number of benzene rings is 1. The van der Waals surface area contributed by atoms with Gasteiger partial charge in [-0.1, -0.05) is 61.9 Å². The van der Waals surface area contributed by atoms with E-state index >= 15 is 0 Å². The van der Waals surface area contributed by atoms with Crippen molar-refractivity contribution in [2.24, 2.45) is 11.8 Å². The molecule has 1 heterocycles. The summed E-state index contributed by atoms with van der Waals surface area (Å²) in [6.07, 6.45) is 9.98. The molecule has 1 saturated heterocycles. The number of carbonyl (C=O) groups excluding carboxylic acids is 2. The Morgan fingerprint density at radius 1 is 1.00 bits per heavy atom. The number of aliphatic carboxylic acids is 1. The zero-order chi connectivity index (χ0) is 27.9. The van der Waals surface area contributed by atoms with Gasteiger partial charge in [-0.15, -0.1) is 0 Å². The molecular formula is C31H49N3O5. The summed E-state index contributed by atoms with van der Waals surface area (Å²) in [5.41, 5.74) is 2.37. The molecule has 0 aromatic heterocycles. The summed E-state index contributed by atoms with van der Waals surface area (Å²) in [5.74, 6) is -1.68. The van der Waals surface area contributed by atoms with Crippen LogP contribution >= 0.6 is 0 Å². The molecule has 1 aromatic carbocycles. The first-order valence-corrected chi connectivity index (χ1v) is 15.1. The molecule has 39 heavy (non-hydrogen) atoms. The number of amides is 2. The minimum absolute atomic E-state index is 0.144. The molecule has 218 valence electrons. The molecular weight excluding hydrogens is 494 g/mol. The highest BCUT2D eigenvalue weighted by atomic mass is 16.5. The van der Waals surface area contributed by atoms with Crippen LogP contribution in [0.25, 0.3) is 0 Å². The van der Waals surface area contributed by atoms with Crippen molar-refractivity contribution in [1.29, 1.82) is 0 Å². The second kappa shape index (κ2) is 17.3. The smallest absolute Gasteiger partial charge is 0.304 e. The fourth-order valence-corrected chi connectivity index (χ4v) is 5.74. The quantitative estimate of drug-likeness (QED) is 0.271. The second-order valence-electron chi connectivity index (χ2n) is 11.4. The molecule has 3 rings (SSSR count). The molecule has 8 heteroatoms. The van der Waals surface area contributed by atoms with Gasteiger partial charge in [0, 0.05) is 25.6 Å². The molecule has 1 saturated carbocycles. The predicted octanol–water partition coefficient (Wildman–Crippen LogP) is 4.09. The number of hydrogen-bond donors (Lipinski definition) is 3. The first kappa shape index (κ1) is 31.1. The summed E-state index contributed by atoms with van der Waals surface area (Å²) in [6.45, 7) is 7.12. The van der Waals surface area contributed by atoms with Crippen molar-refractivity contribution in [3.63, 3.8) is 0 Å². The summed E-state index contributed by atoms with van der Waals surface area (Å²) < 4.78 is 5.40. The fraction of sp³-hybridized carbons (Fsp3) is 0.710. The van der Waals surface area contributed by atoms with E-state index in [2.05, 4.69) is 39.8 Å². The van der Waals surface area contributed by atoms with Gasteiger partial charge in [0.25, 0.3) is 0 Å². The maximum Gasteiger partial charge on any atom is 0.304 e. The summed E-state index contributed by atoms with van der Waals surface area (Å²) >= 11 is 0. The SMILES string of the molecule is Cc1ccc(CCC[C@H](CC(=O)O)C(=O)N[C@@H](CC2CCCCC2)C(=O)NCCCCN2CCOCC2)cc1. The average molecular weight is 544 g/mol. The molecule has 2 aliphatic rings. The molecule has 2 fully saturated rings. The van der Waals surface area contributed by atoms with Crippen LogP contribution < -0.4 is 10.6 Å². The van der Waals surface area contributed by atoms with Gasteiger partial charge in [-0.2, -0.15) is 0 Å². The molecule has 1 aliphatic heterocycles. The lowest BCUT2D eigenvalue weighted by Gasteiger charge is -2.28. The van der Waals surface area contributed by atoms with Crippen LogP contribution in [0.1, 0.15) is 81.8 Å². The molecule has 1 aliphatic carbocycles. The Bertz CT molecular complexity index is 879. The minimum Gasteiger partial charge on any atom is -0.481 e. The maximum atomic E-state index is 13.3. The van der Waals surface area contributed by atoms with Crippen molar-refractivity contribution in [3.8, 4) is 0 Å². The largest absolute Gasteiger partial charge is 0.481 e. The van der Waals surface area contributed by atoms with E-state index < -0.39 is 17.9 Å². The third-order valence-electron chi connectivity index (χ3n) is 8.16. The Hall–Kier alpha value is -2.45. The van der Waals surface area contributed by atoms with Crippen molar-refractivity contribution in [1.82, 2.24) is 15.5 Å². The Labute approximate surface area is 234 Å². The second-order valence-corrected chi connectivity index (χ2v) is 11.4. The Morgan fingerprint density at radius 3 is 2.41 bits per heavy atom. The highest BCUT2D eigenvalue weighted by molar-refractivity contribution is 5.89. The average Bonchev–Trinajstić information content (AvgIpc) is 2.94. The fourth-order valence-electron chi connectivity index (χ4n) is 5.74. The van der Waals surface area contributed by atoms with Gasteiger partial charge in [0.05, 0.1) is 19.6 Å². The van der Waals surface area contributed by atoms with E-state index in [9.17, 15) is 19.5 Å². The van der Waals surface area contributed by atoms with E-state index in [1.165, 1.54) is 17.5 Å². The van der Waals surface area contributed by atoms with Crippen molar-refractivity contribution in [3.05, 3.63) is 35.4 Å². The number of morpholine rings is 1. The van der Waals surface area contributed by atoms with Crippen molar-refractivity contribution in [2.45, 2.75) is 90.0 Å². The van der Waals surface area contributed by atoms with Gasteiger partial charge >= 0.3 is 5.97 Å². The number of carboxylic acid groups (broad SMARTS) is 1. The minimum atomic E-state index is -0.987. The zero-order valence-corrected chi connectivity index (χ0v) is 23.8. The van der Waals surface area contributed by atoms with E-state index in [1.807, 2.05) is 6.92 Å². The molecule has 3 N–H and O–H groups in total. The van der Waals surface area contributed by atoms with E-state index in [1.54, 1.807) is 0 Å². The number of carboxylic acids is 1. The van der Waals surface area contributed by atoms with Gasteiger partial charge in [-0.05, 0) is 63.5 Å². The predicted molar refractivity (Wildman–Crippen MR) is 152 cm³/mol. The lowest BCUT2D eigenvalue weighted by Crippen LogP contribution is -2.50. The van der Waals surface area contributed by atoms with Crippen LogP contribution in [0.2, 0.25) is 0 Å². The number of rotatable bonds is 16. The van der Waals surface area contributed by atoms with Crippen LogP contribution in [0.15, 0.2) is 24.3 Å². The molecule has 8 nitrogen and oxygen atoms in total. The lowest BCUT2D eigenvalue weighted by molar-refractivity contribution is -0.141. The number of nitrogens with one attached hydrogen (secondary N) is 2. The molecule has 0 unspecified atom stereocenters. The number of carbonyl (C=O) groups is 3. The van der Waals surface area contributed by atoms with Gasteiger partial charge in [0.1, 0.15) is 6.04 Å². The Kier molecular flexibility index (Phi) is 13.8. The van der Waals surface area contributed by atoms with Crippen LogP contribution in [0.3, 0.4) is 0 Å². The van der Waals surface area contributed by atoms with E-state index in [0.717, 1.165) is 84.2 Å². The van der Waals surface area contributed by atoms with Gasteiger partial charge in [-0.3, -0.25) is 19.3 Å². The van der Waals surface area contributed by atoms with Crippen LogP contribution in [0.5, 0.6) is 0 Å². The summed E-state index contributed by atoms with van der Waals surface area (Å²) in [7, 11) is 0. The van der Waals surface area contributed by atoms with Crippen molar-refractivity contribution in [2.75, 3.05) is 39.4 Å². The van der Waals surface area contributed by atoms with E-state index in [-0.39, 0.29) is 18.2 Å². The normalized spacial score (nSPS) is 18.3. The third kappa shape index (κ3) is 12.1.